The van der Waals surface area contributed by atoms with E-state index in [0.717, 1.165) is 19.3 Å². The number of amides is 1. The van der Waals surface area contributed by atoms with Crippen molar-refractivity contribution in [1.82, 2.24) is 5.32 Å². The minimum Gasteiger partial charge on any atom is -0.457 e. The molecule has 1 saturated carbocycles. The first-order valence-corrected chi connectivity index (χ1v) is 11.3. The molecule has 1 amide bonds. The van der Waals surface area contributed by atoms with Crippen LogP contribution in [0, 0.1) is 22.5 Å². The Kier molecular flexibility index (Phi) is 11.2. The van der Waals surface area contributed by atoms with Crippen molar-refractivity contribution in [2.75, 3.05) is 26.4 Å². The number of alkyl carbamates (subject to hydrolysis) is 1. The number of carbonyl (C=O) groups is 3. The summed E-state index contributed by atoms with van der Waals surface area (Å²) in [6.07, 6.45) is 2.10. The lowest BCUT2D eigenvalue weighted by Crippen LogP contribution is -2.42. The molecule has 1 heterocycles. The number of nitrogens with one attached hydrogen (secondary N) is 1. The Hall–Kier alpha value is -3.62. The summed E-state index contributed by atoms with van der Waals surface area (Å²) < 4.78 is 29.5. The fraction of sp³-hybridized carbons (Fsp3) is 0.714. The standard InChI is InChI=1S/C21H30N2O13/c1-14-16(36-20(27)33-14)11-31-17(24)10-21(6-4-3-5-7-21)13-22-19(26)35-15(2)34-18(25)12-30-8-9-32-23(28)29/h15H,3-13H2,1-2H3,(H,22,26). The molecule has 0 radical (unpaired) electrons. The minimum atomic E-state index is -1.23. The van der Waals surface area contributed by atoms with Crippen LogP contribution in [0.15, 0.2) is 13.6 Å². The molecule has 0 aromatic carbocycles. The average Bonchev–Trinajstić information content (AvgIpc) is 3.13. The van der Waals surface area contributed by atoms with Crippen molar-refractivity contribution in [2.45, 2.75) is 65.3 Å². The molecule has 36 heavy (non-hydrogen) atoms. The molecule has 2 rings (SSSR count). The fourth-order valence-corrected chi connectivity index (χ4v) is 3.75. The highest BCUT2D eigenvalue weighted by atomic mass is 17.0. The highest BCUT2D eigenvalue weighted by Gasteiger charge is 2.36. The monoisotopic (exact) mass is 518 g/mol. The summed E-state index contributed by atoms with van der Waals surface area (Å²) in [6, 6.07) is 0. The van der Waals surface area contributed by atoms with Gasteiger partial charge >= 0.3 is 23.9 Å². The summed E-state index contributed by atoms with van der Waals surface area (Å²) in [5, 5.41) is 11.6. The van der Waals surface area contributed by atoms with Crippen LogP contribution in [-0.2, 0) is 40.0 Å². The summed E-state index contributed by atoms with van der Waals surface area (Å²) >= 11 is 0. The van der Waals surface area contributed by atoms with Crippen LogP contribution in [-0.4, -0.2) is 55.8 Å². The van der Waals surface area contributed by atoms with Gasteiger partial charge in [-0.2, -0.15) is 0 Å². The molecule has 1 fully saturated rings. The number of rotatable bonds is 14. The van der Waals surface area contributed by atoms with Gasteiger partial charge in [0.2, 0.25) is 6.29 Å². The van der Waals surface area contributed by atoms with Gasteiger partial charge in [0, 0.05) is 13.5 Å². The summed E-state index contributed by atoms with van der Waals surface area (Å²) in [5.41, 5.74) is -0.541. The topological polar surface area (TPSA) is 196 Å². The van der Waals surface area contributed by atoms with Crippen molar-refractivity contribution >= 4 is 18.0 Å². The molecular weight excluding hydrogens is 488 g/mol. The number of nitrogens with zero attached hydrogens (tertiary/aromatic N) is 1. The van der Waals surface area contributed by atoms with Crippen molar-refractivity contribution in [2.24, 2.45) is 5.41 Å². The van der Waals surface area contributed by atoms with E-state index >= 15 is 0 Å². The van der Waals surface area contributed by atoms with Gasteiger partial charge in [-0.05, 0) is 25.2 Å². The van der Waals surface area contributed by atoms with E-state index in [2.05, 4.69) is 10.2 Å². The van der Waals surface area contributed by atoms with Crippen molar-refractivity contribution in [3.05, 3.63) is 32.3 Å². The van der Waals surface area contributed by atoms with E-state index in [4.69, 9.17) is 27.8 Å². The van der Waals surface area contributed by atoms with E-state index in [-0.39, 0.29) is 44.3 Å². The average molecular weight is 518 g/mol. The Labute approximate surface area is 205 Å². The Morgan fingerprint density at radius 1 is 1.11 bits per heavy atom. The van der Waals surface area contributed by atoms with Crippen molar-refractivity contribution in [1.29, 1.82) is 0 Å². The summed E-state index contributed by atoms with van der Waals surface area (Å²) in [6.45, 7) is 1.70. The predicted octanol–water partition coefficient (Wildman–Crippen LogP) is 1.77. The normalized spacial score (nSPS) is 15.4. The summed E-state index contributed by atoms with van der Waals surface area (Å²) in [4.78, 5) is 61.5. The Morgan fingerprint density at radius 2 is 1.83 bits per heavy atom. The van der Waals surface area contributed by atoms with E-state index in [0.29, 0.717) is 12.8 Å². The van der Waals surface area contributed by atoms with E-state index < -0.39 is 47.3 Å². The number of hydrogen-bond donors (Lipinski definition) is 1. The Bertz CT molecular complexity index is 948. The maximum Gasteiger partial charge on any atom is 0.519 e. The second-order valence-corrected chi connectivity index (χ2v) is 8.26. The number of carbonyl (C=O) groups excluding carboxylic acids is 3. The number of aryl methyl sites for hydroxylation is 1. The quantitative estimate of drug-likeness (QED) is 0.123. The molecule has 202 valence electrons. The summed E-state index contributed by atoms with van der Waals surface area (Å²) in [5.74, 6) is -1.87. The SMILES string of the molecule is Cc1oc(=O)oc1COC(=O)CC1(CNC(=O)OC(C)OC(=O)COCCO[N+](=O)[O-])CCCCC1. The molecule has 1 atom stereocenters. The molecule has 0 spiro atoms. The van der Waals surface area contributed by atoms with Gasteiger partial charge in [-0.3, -0.25) is 4.79 Å². The van der Waals surface area contributed by atoms with Crippen molar-refractivity contribution in [3.8, 4) is 0 Å². The lowest BCUT2D eigenvalue weighted by Gasteiger charge is -2.36. The molecule has 0 bridgehead atoms. The van der Waals surface area contributed by atoms with Crippen LogP contribution in [0.1, 0.15) is 57.0 Å². The van der Waals surface area contributed by atoms with Crippen molar-refractivity contribution in [3.63, 3.8) is 0 Å². The molecule has 1 aromatic rings. The number of hydrogen-bond acceptors (Lipinski definition) is 13. The molecule has 15 heteroatoms. The second-order valence-electron chi connectivity index (χ2n) is 8.26. The van der Waals surface area contributed by atoms with Gasteiger partial charge in [0.25, 0.3) is 5.09 Å². The predicted molar refractivity (Wildman–Crippen MR) is 116 cm³/mol. The number of esters is 2. The molecular formula is C21H30N2O13. The van der Waals surface area contributed by atoms with E-state index in [1.54, 1.807) is 0 Å². The van der Waals surface area contributed by atoms with Gasteiger partial charge in [-0.15, -0.1) is 10.1 Å². The molecule has 15 nitrogen and oxygen atoms in total. The maximum absolute atomic E-state index is 12.5. The van der Waals surface area contributed by atoms with Crippen LogP contribution in [0.2, 0.25) is 0 Å². The zero-order valence-corrected chi connectivity index (χ0v) is 20.1. The molecule has 1 aliphatic carbocycles. The third-order valence-electron chi connectivity index (χ3n) is 5.46. The van der Waals surface area contributed by atoms with Gasteiger partial charge in [0.05, 0.1) is 13.0 Å². The molecule has 0 saturated heterocycles. The third-order valence-corrected chi connectivity index (χ3v) is 5.46. The largest absolute Gasteiger partial charge is 0.519 e. The molecule has 1 aromatic heterocycles. The van der Waals surface area contributed by atoms with Crippen LogP contribution in [0.5, 0.6) is 0 Å². The smallest absolute Gasteiger partial charge is 0.457 e. The summed E-state index contributed by atoms with van der Waals surface area (Å²) in [7, 11) is 0. The van der Waals surface area contributed by atoms with Crippen LogP contribution in [0.25, 0.3) is 0 Å². The van der Waals surface area contributed by atoms with Crippen LogP contribution in [0.3, 0.4) is 0 Å². The lowest BCUT2D eigenvalue weighted by atomic mass is 9.72. The van der Waals surface area contributed by atoms with Gasteiger partial charge in [0.15, 0.2) is 18.1 Å². The highest BCUT2D eigenvalue weighted by molar-refractivity contribution is 5.72. The second kappa shape index (κ2) is 14.1. The van der Waals surface area contributed by atoms with Gasteiger partial charge in [-0.25, -0.2) is 14.4 Å². The molecule has 1 unspecified atom stereocenters. The molecule has 1 aliphatic rings. The fourth-order valence-electron chi connectivity index (χ4n) is 3.75. The zero-order chi connectivity index (χ0) is 26.6. The van der Waals surface area contributed by atoms with Crippen molar-refractivity contribution < 1.29 is 52.1 Å². The van der Waals surface area contributed by atoms with Crippen LogP contribution >= 0.6 is 0 Å². The first-order chi connectivity index (χ1) is 17.1. The lowest BCUT2D eigenvalue weighted by molar-refractivity contribution is -0.758. The van der Waals surface area contributed by atoms with Crippen LogP contribution in [0.4, 0.5) is 4.79 Å². The van der Waals surface area contributed by atoms with Gasteiger partial charge < -0.3 is 37.9 Å². The highest BCUT2D eigenvalue weighted by Crippen LogP contribution is 2.39. The van der Waals surface area contributed by atoms with Gasteiger partial charge in [0.1, 0.15) is 13.2 Å². The van der Waals surface area contributed by atoms with E-state index in [1.807, 2.05) is 0 Å². The van der Waals surface area contributed by atoms with Gasteiger partial charge in [-0.1, -0.05) is 19.3 Å². The maximum atomic E-state index is 12.5. The Balaban J connectivity index is 1.75. The van der Waals surface area contributed by atoms with Crippen LogP contribution < -0.4 is 11.1 Å². The number of ether oxygens (including phenoxy) is 4. The molecule has 0 aliphatic heterocycles. The molecule has 1 N–H and O–H groups in total. The third kappa shape index (κ3) is 10.3. The first-order valence-electron chi connectivity index (χ1n) is 11.3. The minimum absolute atomic E-state index is 0.0381. The Morgan fingerprint density at radius 3 is 2.47 bits per heavy atom. The zero-order valence-electron chi connectivity index (χ0n) is 20.1. The van der Waals surface area contributed by atoms with E-state index in [9.17, 15) is 29.3 Å². The first kappa shape index (κ1) is 28.6. The van der Waals surface area contributed by atoms with E-state index in [1.165, 1.54) is 13.8 Å².